The Kier molecular flexibility index (Phi) is 11.6. The van der Waals surface area contributed by atoms with Crippen LogP contribution in [0.3, 0.4) is 0 Å². The highest BCUT2D eigenvalue weighted by molar-refractivity contribution is 7.13. The molecule has 3 N–H and O–H groups in total. The van der Waals surface area contributed by atoms with E-state index in [4.69, 9.17) is 18.9 Å². The summed E-state index contributed by atoms with van der Waals surface area (Å²) in [6.45, 7) is 5.98. The molecule has 1 saturated carbocycles. The van der Waals surface area contributed by atoms with Crippen LogP contribution in [0.1, 0.15) is 95.3 Å². The van der Waals surface area contributed by atoms with Gasteiger partial charge >= 0.3 is 18.0 Å². The number of nitrogens with one attached hydrogen (secondary N) is 3. The third-order valence-electron chi connectivity index (χ3n) is 9.47. The van der Waals surface area contributed by atoms with Crippen LogP contribution < -0.4 is 20.7 Å². The van der Waals surface area contributed by atoms with Gasteiger partial charge in [-0.25, -0.2) is 19.4 Å². The molecule has 0 spiro atoms. The lowest BCUT2D eigenvalue weighted by molar-refractivity contribution is -0.149. The molecule has 6 rings (SSSR count). The van der Waals surface area contributed by atoms with Crippen molar-refractivity contribution >= 4 is 46.9 Å². The van der Waals surface area contributed by atoms with Gasteiger partial charge < -0.3 is 34.9 Å². The molecule has 1 aliphatic heterocycles. The van der Waals surface area contributed by atoms with Crippen molar-refractivity contribution in [3.63, 3.8) is 0 Å². The van der Waals surface area contributed by atoms with E-state index in [1.165, 1.54) is 37.7 Å². The molecule has 55 heavy (non-hydrogen) atoms. The first-order valence-corrected chi connectivity index (χ1v) is 18.9. The zero-order valence-corrected chi connectivity index (χ0v) is 32.3. The molecular weight excluding hydrogens is 725 g/mol. The molecule has 0 bridgehead atoms. The fourth-order valence-corrected chi connectivity index (χ4v) is 7.76. The molecule has 3 amide bonds. The van der Waals surface area contributed by atoms with Crippen LogP contribution in [0.25, 0.3) is 21.6 Å². The highest BCUT2D eigenvalue weighted by Gasteiger charge is 2.42. The Morgan fingerprint density at radius 1 is 0.873 bits per heavy atom. The second-order valence-corrected chi connectivity index (χ2v) is 15.4. The Bertz CT molecular complexity index is 2110. The predicted octanol–water partition coefficient (Wildman–Crippen LogP) is 7.08. The number of alkyl carbamates (subject to hydrolysis) is 1. The second-order valence-electron chi connectivity index (χ2n) is 14.4. The maximum absolute atomic E-state index is 14.3. The molecule has 4 aromatic rings. The van der Waals surface area contributed by atoms with Gasteiger partial charge in [0.05, 0.1) is 20.8 Å². The van der Waals surface area contributed by atoms with Gasteiger partial charge in [-0.1, -0.05) is 31.4 Å². The zero-order chi connectivity index (χ0) is 39.3. The van der Waals surface area contributed by atoms with Gasteiger partial charge in [0, 0.05) is 45.8 Å². The summed E-state index contributed by atoms with van der Waals surface area (Å²) in [6, 6.07) is 15.5. The number of fused-ring (bicyclic) bond motifs is 3. The number of rotatable bonds is 9. The molecule has 14 heteroatoms. The SMILES string of the molecule is COC(=O)c1nc(C(=O)NC2(C(=O)OC)CCCCC2)ccc1-c1cc2c(cc1C(=O)Nc1ccc(CNC(=O)OC(C)(C)C)cc1)-c1sccc1CCO2. The number of anilines is 1. The minimum Gasteiger partial charge on any atom is -0.493 e. The molecular formula is C41H44N4O9S. The van der Waals surface area contributed by atoms with E-state index in [9.17, 15) is 24.0 Å². The van der Waals surface area contributed by atoms with Gasteiger partial charge in [-0.15, -0.1) is 11.3 Å². The summed E-state index contributed by atoms with van der Waals surface area (Å²) >= 11 is 1.54. The standard InChI is InChI=1S/C41H44N4O9S/c1-40(2,3)54-39(50)42-23-24-9-11-26(12-10-24)43-35(46)29-21-30-32(53-19-15-25-16-20-55-34(25)30)22-28(29)27-13-14-31(44-33(27)37(48)51-4)36(47)45-41(38(49)52-5)17-7-6-8-18-41/h9-14,16,20-22H,6-8,15,17-19,23H2,1-5H3,(H,42,50)(H,43,46)(H,45,47). The summed E-state index contributed by atoms with van der Waals surface area (Å²) in [5.41, 5.74) is 1.73. The van der Waals surface area contributed by atoms with Crippen LogP contribution in [-0.4, -0.2) is 66.8 Å². The van der Waals surface area contributed by atoms with Gasteiger partial charge in [-0.2, -0.15) is 0 Å². The average molecular weight is 769 g/mol. The van der Waals surface area contributed by atoms with Crippen molar-refractivity contribution in [2.75, 3.05) is 26.1 Å². The summed E-state index contributed by atoms with van der Waals surface area (Å²) in [6.07, 6.45) is 3.37. The number of benzene rings is 2. The number of nitrogens with zero attached hydrogens (tertiary/aromatic N) is 1. The normalized spacial score (nSPS) is 14.5. The number of aromatic nitrogens is 1. The van der Waals surface area contributed by atoms with Crippen LogP contribution in [0.4, 0.5) is 10.5 Å². The first-order chi connectivity index (χ1) is 26.3. The first kappa shape index (κ1) is 38.9. The fourth-order valence-electron chi connectivity index (χ4n) is 6.79. The molecule has 1 fully saturated rings. The molecule has 3 heterocycles. The number of thiophene rings is 1. The minimum atomic E-state index is -1.21. The van der Waals surface area contributed by atoms with Crippen LogP contribution in [0.5, 0.6) is 5.75 Å². The van der Waals surface area contributed by atoms with Crippen molar-refractivity contribution in [3.05, 3.63) is 88.1 Å². The molecule has 2 aromatic carbocycles. The highest BCUT2D eigenvalue weighted by atomic mass is 32.1. The van der Waals surface area contributed by atoms with Gasteiger partial charge in [-0.3, -0.25) is 9.59 Å². The number of carbonyl (C=O) groups excluding carboxylic acids is 5. The fraction of sp³-hybridized carbons (Fsp3) is 0.366. The molecule has 0 saturated heterocycles. The number of carbonyl (C=O) groups is 5. The van der Waals surface area contributed by atoms with Crippen molar-refractivity contribution in [3.8, 4) is 27.3 Å². The van der Waals surface area contributed by atoms with E-state index in [2.05, 4.69) is 20.9 Å². The summed E-state index contributed by atoms with van der Waals surface area (Å²) in [4.78, 5) is 71.7. The lowest BCUT2D eigenvalue weighted by atomic mass is 9.81. The van der Waals surface area contributed by atoms with E-state index in [-0.39, 0.29) is 29.1 Å². The smallest absolute Gasteiger partial charge is 0.407 e. The maximum atomic E-state index is 14.3. The predicted molar refractivity (Wildman–Crippen MR) is 206 cm³/mol. The van der Waals surface area contributed by atoms with Crippen molar-refractivity contribution in [2.45, 2.75) is 77.0 Å². The van der Waals surface area contributed by atoms with Gasteiger partial charge in [0.1, 0.15) is 22.6 Å². The number of amides is 3. The number of hydrogen-bond acceptors (Lipinski definition) is 11. The molecule has 13 nitrogen and oxygen atoms in total. The van der Waals surface area contributed by atoms with E-state index in [0.717, 1.165) is 40.8 Å². The number of methoxy groups -OCH3 is 2. The summed E-state index contributed by atoms with van der Waals surface area (Å²) < 4.78 is 21.7. The van der Waals surface area contributed by atoms with Crippen LogP contribution in [0.15, 0.2) is 60.0 Å². The monoisotopic (exact) mass is 768 g/mol. The van der Waals surface area contributed by atoms with Gasteiger partial charge in [-0.05, 0) is 92.6 Å². The third-order valence-corrected chi connectivity index (χ3v) is 10.5. The van der Waals surface area contributed by atoms with Crippen LogP contribution in [-0.2, 0) is 32.0 Å². The van der Waals surface area contributed by atoms with E-state index in [1.54, 1.807) is 57.2 Å². The lowest BCUT2D eigenvalue weighted by Gasteiger charge is -2.35. The Morgan fingerprint density at radius 3 is 2.31 bits per heavy atom. The van der Waals surface area contributed by atoms with Crippen molar-refractivity contribution < 1.29 is 42.9 Å². The third kappa shape index (κ3) is 8.80. The minimum absolute atomic E-state index is 0.112. The maximum Gasteiger partial charge on any atom is 0.407 e. The van der Waals surface area contributed by atoms with Crippen molar-refractivity contribution in [1.82, 2.24) is 15.6 Å². The molecule has 2 aromatic heterocycles. The van der Waals surface area contributed by atoms with Crippen LogP contribution in [0, 0.1) is 0 Å². The van der Waals surface area contributed by atoms with Gasteiger partial charge in [0.25, 0.3) is 11.8 Å². The highest BCUT2D eigenvalue weighted by Crippen LogP contribution is 2.43. The molecule has 0 atom stereocenters. The van der Waals surface area contributed by atoms with E-state index in [0.29, 0.717) is 42.9 Å². The lowest BCUT2D eigenvalue weighted by Crippen LogP contribution is -2.56. The number of pyridine rings is 1. The topological polar surface area (TPSA) is 171 Å². The van der Waals surface area contributed by atoms with E-state index < -0.39 is 41.0 Å². The quantitative estimate of drug-likeness (QED) is 0.118. The molecule has 288 valence electrons. The molecule has 2 aliphatic rings. The Labute approximate surface area is 323 Å². The van der Waals surface area contributed by atoms with Crippen molar-refractivity contribution in [1.29, 1.82) is 0 Å². The van der Waals surface area contributed by atoms with Crippen molar-refractivity contribution in [2.24, 2.45) is 0 Å². The number of esters is 2. The zero-order valence-electron chi connectivity index (χ0n) is 31.5. The second kappa shape index (κ2) is 16.3. The van der Waals surface area contributed by atoms with E-state index in [1.807, 2.05) is 11.4 Å². The summed E-state index contributed by atoms with van der Waals surface area (Å²) in [5.74, 6) is -1.98. The van der Waals surface area contributed by atoms with Gasteiger partial charge in [0.15, 0.2) is 5.69 Å². The molecule has 0 unspecified atom stereocenters. The summed E-state index contributed by atoms with van der Waals surface area (Å²) in [5, 5.41) is 10.5. The van der Waals surface area contributed by atoms with Gasteiger partial charge in [0.2, 0.25) is 0 Å². The first-order valence-electron chi connectivity index (χ1n) is 18.1. The van der Waals surface area contributed by atoms with Crippen LogP contribution >= 0.6 is 11.3 Å². The Morgan fingerprint density at radius 2 is 1.62 bits per heavy atom. The summed E-state index contributed by atoms with van der Waals surface area (Å²) in [7, 11) is 2.49. The number of hydrogen-bond donors (Lipinski definition) is 3. The van der Waals surface area contributed by atoms with E-state index >= 15 is 0 Å². The number of ether oxygens (including phenoxy) is 4. The molecule has 0 radical (unpaired) electrons. The largest absolute Gasteiger partial charge is 0.493 e. The molecule has 1 aliphatic carbocycles. The Balaban J connectivity index is 1.36. The van der Waals surface area contributed by atoms with Crippen LogP contribution in [0.2, 0.25) is 0 Å². The Hall–Kier alpha value is -5.76. The average Bonchev–Trinajstić information content (AvgIpc) is 3.57.